The minimum atomic E-state index is -0.526. The minimum Gasteiger partial charge on any atom is -0.333 e. The summed E-state index contributed by atoms with van der Waals surface area (Å²) >= 11 is 0. The summed E-state index contributed by atoms with van der Waals surface area (Å²) in [5.41, 5.74) is 1.26. The van der Waals surface area contributed by atoms with Gasteiger partial charge < -0.3 is 15.5 Å². The van der Waals surface area contributed by atoms with Crippen molar-refractivity contribution < 1.29 is 18.4 Å². The maximum absolute atomic E-state index is 13.5. The van der Waals surface area contributed by atoms with Crippen molar-refractivity contribution >= 4 is 23.3 Å². The monoisotopic (exact) mass is 345 g/mol. The molecule has 1 saturated heterocycles. The summed E-state index contributed by atoms with van der Waals surface area (Å²) in [4.78, 5) is 25.6. The van der Waals surface area contributed by atoms with Crippen LogP contribution in [0.5, 0.6) is 0 Å². The fourth-order valence-electron chi connectivity index (χ4n) is 2.72. The molecule has 0 aliphatic carbocycles. The molecule has 1 fully saturated rings. The largest absolute Gasteiger partial charge is 0.333 e. The second-order valence-electron chi connectivity index (χ2n) is 5.95. The van der Waals surface area contributed by atoms with Crippen LogP contribution < -0.4 is 15.5 Å². The van der Waals surface area contributed by atoms with E-state index in [0.717, 1.165) is 0 Å². The third kappa shape index (κ3) is 3.93. The molecule has 5 nitrogen and oxygen atoms in total. The third-order valence-corrected chi connectivity index (χ3v) is 4.01. The summed E-state index contributed by atoms with van der Waals surface area (Å²) in [6.45, 7) is 1.88. The molecule has 7 heteroatoms. The molecule has 0 unspecified atom stereocenters. The summed E-state index contributed by atoms with van der Waals surface area (Å²) in [6.07, 6.45) is 0.117. The minimum absolute atomic E-state index is 0.117. The van der Waals surface area contributed by atoms with Crippen molar-refractivity contribution in [2.24, 2.45) is 0 Å². The van der Waals surface area contributed by atoms with E-state index in [1.165, 1.54) is 29.2 Å². The van der Waals surface area contributed by atoms with Crippen molar-refractivity contribution in [3.8, 4) is 0 Å². The van der Waals surface area contributed by atoms with E-state index in [2.05, 4.69) is 10.6 Å². The highest BCUT2D eigenvalue weighted by Crippen LogP contribution is 2.22. The van der Waals surface area contributed by atoms with Gasteiger partial charge in [0, 0.05) is 24.3 Å². The first-order valence-electron chi connectivity index (χ1n) is 7.82. The van der Waals surface area contributed by atoms with Gasteiger partial charge >= 0.3 is 6.03 Å². The molecule has 1 atom stereocenters. The number of hydrogen-bond donors (Lipinski definition) is 2. The highest BCUT2D eigenvalue weighted by atomic mass is 19.1. The molecule has 25 heavy (non-hydrogen) atoms. The first-order valence-corrected chi connectivity index (χ1v) is 7.82. The summed E-state index contributed by atoms with van der Waals surface area (Å²) in [7, 11) is 0. The van der Waals surface area contributed by atoms with Crippen LogP contribution in [0.4, 0.5) is 25.0 Å². The zero-order valence-corrected chi connectivity index (χ0v) is 13.6. The van der Waals surface area contributed by atoms with Crippen LogP contribution in [0.3, 0.4) is 0 Å². The van der Waals surface area contributed by atoms with Crippen LogP contribution in [0.2, 0.25) is 0 Å². The van der Waals surface area contributed by atoms with Crippen LogP contribution in [0.25, 0.3) is 0 Å². The lowest BCUT2D eigenvalue weighted by Crippen LogP contribution is -2.39. The number of aryl methyl sites for hydroxylation is 1. The molecule has 3 rings (SSSR count). The number of carbonyl (C=O) groups excluding carboxylic acids is 2. The number of amides is 3. The molecule has 3 amide bonds. The van der Waals surface area contributed by atoms with E-state index in [1.807, 2.05) is 0 Å². The van der Waals surface area contributed by atoms with E-state index in [4.69, 9.17) is 0 Å². The Balaban J connectivity index is 1.61. The Bertz CT molecular complexity index is 826. The van der Waals surface area contributed by atoms with Gasteiger partial charge in [-0.05, 0) is 42.8 Å². The number of nitrogens with zero attached hydrogens (tertiary/aromatic N) is 1. The zero-order chi connectivity index (χ0) is 18.0. The Kier molecular flexibility index (Phi) is 4.65. The van der Waals surface area contributed by atoms with Gasteiger partial charge in [-0.25, -0.2) is 13.6 Å². The SMILES string of the molecule is Cc1ccc(NC(=O)N[C@H]2CC(=O)N(c3cccc(F)c3)C2)cc1F. The molecular weight excluding hydrogens is 328 g/mol. The van der Waals surface area contributed by atoms with Crippen LogP contribution in [0, 0.1) is 18.6 Å². The lowest BCUT2D eigenvalue weighted by atomic mass is 10.2. The summed E-state index contributed by atoms with van der Waals surface area (Å²) < 4.78 is 26.8. The fourth-order valence-corrected chi connectivity index (χ4v) is 2.72. The Labute approximate surface area is 143 Å². The molecule has 1 heterocycles. The number of anilines is 2. The molecule has 2 aromatic carbocycles. The normalized spacial score (nSPS) is 16.8. The van der Waals surface area contributed by atoms with Crippen LogP contribution in [0.1, 0.15) is 12.0 Å². The van der Waals surface area contributed by atoms with Gasteiger partial charge in [-0.3, -0.25) is 4.79 Å². The first kappa shape index (κ1) is 16.9. The number of nitrogens with one attached hydrogen (secondary N) is 2. The Hall–Kier alpha value is -2.96. The zero-order valence-electron chi connectivity index (χ0n) is 13.6. The molecule has 130 valence electrons. The summed E-state index contributed by atoms with van der Waals surface area (Å²) in [5, 5.41) is 5.21. The molecule has 0 bridgehead atoms. The highest BCUT2D eigenvalue weighted by Gasteiger charge is 2.31. The number of rotatable bonds is 3. The van der Waals surface area contributed by atoms with Crippen molar-refractivity contribution in [2.75, 3.05) is 16.8 Å². The van der Waals surface area contributed by atoms with Crippen molar-refractivity contribution in [1.82, 2.24) is 5.32 Å². The van der Waals surface area contributed by atoms with Crippen LogP contribution >= 0.6 is 0 Å². The Morgan fingerprint density at radius 1 is 1.20 bits per heavy atom. The maximum Gasteiger partial charge on any atom is 0.319 e. The Morgan fingerprint density at radius 3 is 2.72 bits per heavy atom. The molecule has 0 saturated carbocycles. The fraction of sp³-hybridized carbons (Fsp3) is 0.222. The predicted octanol–water partition coefficient (Wildman–Crippen LogP) is 3.20. The third-order valence-electron chi connectivity index (χ3n) is 4.01. The van der Waals surface area contributed by atoms with E-state index in [9.17, 15) is 18.4 Å². The average Bonchev–Trinajstić information content (AvgIpc) is 2.91. The molecule has 0 spiro atoms. The second-order valence-corrected chi connectivity index (χ2v) is 5.95. The smallest absolute Gasteiger partial charge is 0.319 e. The van der Waals surface area contributed by atoms with Gasteiger partial charge in [0.25, 0.3) is 0 Å². The summed E-state index contributed by atoms with van der Waals surface area (Å²) in [6, 6.07) is 9.19. The van der Waals surface area contributed by atoms with E-state index in [-0.39, 0.29) is 18.9 Å². The van der Waals surface area contributed by atoms with Gasteiger partial charge in [0.15, 0.2) is 0 Å². The van der Waals surface area contributed by atoms with Gasteiger partial charge in [0.05, 0.1) is 6.04 Å². The van der Waals surface area contributed by atoms with Gasteiger partial charge in [0.1, 0.15) is 11.6 Å². The lowest BCUT2D eigenvalue weighted by Gasteiger charge is -2.17. The van der Waals surface area contributed by atoms with Gasteiger partial charge in [-0.15, -0.1) is 0 Å². The number of carbonyl (C=O) groups is 2. The van der Waals surface area contributed by atoms with Crippen molar-refractivity contribution in [3.63, 3.8) is 0 Å². The maximum atomic E-state index is 13.5. The topological polar surface area (TPSA) is 61.4 Å². The summed E-state index contributed by atoms with van der Waals surface area (Å²) in [5.74, 6) is -1.04. The van der Waals surface area contributed by atoms with Crippen LogP contribution in [0.15, 0.2) is 42.5 Å². The lowest BCUT2D eigenvalue weighted by molar-refractivity contribution is -0.117. The quantitative estimate of drug-likeness (QED) is 0.897. The second kappa shape index (κ2) is 6.88. The van der Waals surface area contributed by atoms with E-state index in [0.29, 0.717) is 16.9 Å². The van der Waals surface area contributed by atoms with Crippen molar-refractivity contribution in [2.45, 2.75) is 19.4 Å². The number of hydrogen-bond acceptors (Lipinski definition) is 2. The van der Waals surface area contributed by atoms with Crippen LogP contribution in [-0.4, -0.2) is 24.5 Å². The molecule has 1 aliphatic rings. The Morgan fingerprint density at radius 2 is 2.00 bits per heavy atom. The number of halogens is 2. The predicted molar refractivity (Wildman–Crippen MR) is 90.4 cm³/mol. The van der Waals surface area contributed by atoms with Crippen LogP contribution in [-0.2, 0) is 4.79 Å². The highest BCUT2D eigenvalue weighted by molar-refractivity contribution is 5.97. The molecule has 2 aromatic rings. The average molecular weight is 345 g/mol. The number of urea groups is 1. The van der Waals surface area contributed by atoms with Gasteiger partial charge in [-0.2, -0.15) is 0 Å². The molecular formula is C18H17F2N3O2. The molecule has 2 N–H and O–H groups in total. The van der Waals surface area contributed by atoms with Crippen molar-refractivity contribution in [1.29, 1.82) is 0 Å². The van der Waals surface area contributed by atoms with E-state index >= 15 is 0 Å². The van der Waals surface area contributed by atoms with Gasteiger partial charge in [-0.1, -0.05) is 12.1 Å². The van der Waals surface area contributed by atoms with Crippen molar-refractivity contribution in [3.05, 3.63) is 59.7 Å². The molecule has 0 radical (unpaired) electrons. The standard InChI is InChI=1S/C18H17F2N3O2/c1-11-5-6-13(8-16(11)20)21-18(25)22-14-9-17(24)23(10-14)15-4-2-3-12(19)7-15/h2-8,14H,9-10H2,1H3,(H2,21,22,25)/t14-/m0/s1. The molecule has 0 aromatic heterocycles. The van der Waals surface area contributed by atoms with Gasteiger partial charge in [0.2, 0.25) is 5.91 Å². The first-order chi connectivity index (χ1) is 11.9. The molecule has 1 aliphatic heterocycles. The van der Waals surface area contributed by atoms with E-state index in [1.54, 1.807) is 25.1 Å². The van der Waals surface area contributed by atoms with E-state index < -0.39 is 23.7 Å². The number of benzene rings is 2.